The Balaban J connectivity index is 2.84. The minimum absolute atomic E-state index is 0.0249. The molecule has 0 unspecified atom stereocenters. The largest absolute Gasteiger partial charge is 0.465 e. The van der Waals surface area contributed by atoms with E-state index in [0.717, 1.165) is 0 Å². The van der Waals surface area contributed by atoms with E-state index in [9.17, 15) is 4.79 Å². The average molecular weight is 205 g/mol. The van der Waals surface area contributed by atoms with E-state index < -0.39 is 5.97 Å². The summed E-state index contributed by atoms with van der Waals surface area (Å²) in [7, 11) is 1.31. The Hall–Kier alpha value is -1.86. The Morgan fingerprint density at radius 2 is 2.40 bits per heavy atom. The maximum atomic E-state index is 11.1. The fraction of sp³-hybridized carbons (Fsp3) is 0.273. The van der Waals surface area contributed by atoms with E-state index in [1.165, 1.54) is 13.3 Å². The van der Waals surface area contributed by atoms with Gasteiger partial charge in [-0.3, -0.25) is 4.98 Å². The molecule has 0 saturated carbocycles. The van der Waals surface area contributed by atoms with Gasteiger partial charge in [-0.05, 0) is 6.07 Å². The number of aromatic nitrogens is 1. The van der Waals surface area contributed by atoms with Crippen molar-refractivity contribution in [1.29, 1.82) is 0 Å². The molecule has 1 N–H and O–H groups in total. The minimum Gasteiger partial charge on any atom is -0.465 e. The number of pyridine rings is 1. The Kier molecular flexibility index (Phi) is 4.32. The molecule has 0 atom stereocenters. The smallest absolute Gasteiger partial charge is 0.339 e. The van der Waals surface area contributed by atoms with E-state index in [0.29, 0.717) is 17.5 Å². The van der Waals surface area contributed by atoms with E-state index in [2.05, 4.69) is 21.6 Å². The summed E-state index contributed by atoms with van der Waals surface area (Å²) in [5.41, 5.74) is 1.000. The van der Waals surface area contributed by atoms with Crippen molar-refractivity contribution in [3.8, 4) is 11.8 Å². The minimum atomic E-state index is -0.437. The van der Waals surface area contributed by atoms with E-state index in [1.54, 1.807) is 12.3 Å². The highest BCUT2D eigenvalue weighted by molar-refractivity contribution is 5.89. The van der Waals surface area contributed by atoms with Crippen LogP contribution in [0.15, 0.2) is 18.5 Å². The zero-order chi connectivity index (χ0) is 11.1. The summed E-state index contributed by atoms with van der Waals surface area (Å²) in [6.45, 7) is 0.0249. The number of hydrogen-bond acceptors (Lipinski definition) is 4. The van der Waals surface area contributed by atoms with Crippen LogP contribution < -0.4 is 0 Å². The monoisotopic (exact) mass is 205 g/mol. The Morgan fingerprint density at radius 1 is 1.60 bits per heavy atom. The Labute approximate surface area is 87.9 Å². The number of ether oxygens (including phenoxy) is 1. The second-order valence-electron chi connectivity index (χ2n) is 2.73. The third kappa shape index (κ3) is 3.41. The number of methoxy groups -OCH3 is 1. The van der Waals surface area contributed by atoms with Crippen LogP contribution in [0.3, 0.4) is 0 Å². The molecular formula is C11H11NO3. The molecule has 0 bridgehead atoms. The van der Waals surface area contributed by atoms with Crippen LogP contribution >= 0.6 is 0 Å². The maximum absolute atomic E-state index is 11.1. The van der Waals surface area contributed by atoms with Crippen LogP contribution in [0, 0.1) is 11.8 Å². The molecule has 15 heavy (non-hydrogen) atoms. The lowest BCUT2D eigenvalue weighted by Crippen LogP contribution is -2.01. The van der Waals surface area contributed by atoms with Gasteiger partial charge in [0.15, 0.2) is 0 Å². The lowest BCUT2D eigenvalue weighted by atomic mass is 10.2. The molecule has 0 aromatic carbocycles. The topological polar surface area (TPSA) is 59.4 Å². The number of aliphatic hydroxyl groups excluding tert-OH is 1. The molecule has 1 aromatic heterocycles. The summed E-state index contributed by atoms with van der Waals surface area (Å²) in [4.78, 5) is 15.0. The van der Waals surface area contributed by atoms with Crippen molar-refractivity contribution in [2.75, 3.05) is 13.7 Å². The molecule has 0 saturated heterocycles. The van der Waals surface area contributed by atoms with E-state index in [1.807, 2.05) is 0 Å². The van der Waals surface area contributed by atoms with Gasteiger partial charge in [-0.15, -0.1) is 0 Å². The first-order chi connectivity index (χ1) is 7.27. The predicted octanol–water partition coefficient (Wildman–Crippen LogP) is 0.602. The van der Waals surface area contributed by atoms with Crippen molar-refractivity contribution in [2.45, 2.75) is 6.42 Å². The molecule has 0 radical (unpaired) electrons. The number of hydrogen-bond donors (Lipinski definition) is 1. The lowest BCUT2D eigenvalue weighted by Gasteiger charge is -1.97. The van der Waals surface area contributed by atoms with E-state index in [-0.39, 0.29) is 6.61 Å². The Bertz CT molecular complexity index is 404. The summed E-state index contributed by atoms with van der Waals surface area (Å²) in [6.07, 6.45) is 3.38. The lowest BCUT2D eigenvalue weighted by molar-refractivity contribution is 0.0600. The third-order valence-electron chi connectivity index (χ3n) is 1.63. The zero-order valence-electron chi connectivity index (χ0n) is 8.36. The van der Waals surface area contributed by atoms with Gasteiger partial charge < -0.3 is 9.84 Å². The fourth-order valence-corrected chi connectivity index (χ4v) is 0.958. The molecule has 4 heteroatoms. The molecule has 1 heterocycles. The summed E-state index contributed by atoms with van der Waals surface area (Å²) in [5.74, 6) is 5.09. The predicted molar refractivity (Wildman–Crippen MR) is 54.2 cm³/mol. The van der Waals surface area contributed by atoms with Crippen LogP contribution in [0.2, 0.25) is 0 Å². The van der Waals surface area contributed by atoms with Crippen LogP contribution in [0.1, 0.15) is 22.3 Å². The zero-order valence-corrected chi connectivity index (χ0v) is 8.36. The van der Waals surface area contributed by atoms with Crippen molar-refractivity contribution in [2.24, 2.45) is 0 Å². The molecule has 4 nitrogen and oxygen atoms in total. The molecular weight excluding hydrogens is 194 g/mol. The highest BCUT2D eigenvalue weighted by Gasteiger charge is 2.04. The molecule has 0 aliphatic heterocycles. The van der Waals surface area contributed by atoms with Crippen molar-refractivity contribution in [1.82, 2.24) is 4.98 Å². The molecule has 1 aromatic rings. The van der Waals surface area contributed by atoms with Crippen molar-refractivity contribution in [3.63, 3.8) is 0 Å². The molecule has 1 rings (SSSR count). The van der Waals surface area contributed by atoms with Crippen LogP contribution in [0.25, 0.3) is 0 Å². The molecule has 0 amide bonds. The molecule has 0 aliphatic rings. The molecule has 78 valence electrons. The van der Waals surface area contributed by atoms with Crippen molar-refractivity contribution < 1.29 is 14.6 Å². The van der Waals surface area contributed by atoms with Gasteiger partial charge in [0.2, 0.25) is 0 Å². The van der Waals surface area contributed by atoms with Crippen LogP contribution in [0.4, 0.5) is 0 Å². The van der Waals surface area contributed by atoms with Crippen LogP contribution in [-0.2, 0) is 4.74 Å². The maximum Gasteiger partial charge on any atom is 0.339 e. The van der Waals surface area contributed by atoms with Crippen LogP contribution in [0.5, 0.6) is 0 Å². The first-order valence-corrected chi connectivity index (χ1v) is 4.41. The Morgan fingerprint density at radius 3 is 3.07 bits per heavy atom. The summed E-state index contributed by atoms with van der Waals surface area (Å²) < 4.78 is 4.55. The normalized spacial score (nSPS) is 8.93. The summed E-state index contributed by atoms with van der Waals surface area (Å²) >= 11 is 0. The number of esters is 1. The fourth-order valence-electron chi connectivity index (χ4n) is 0.958. The second kappa shape index (κ2) is 5.78. The van der Waals surface area contributed by atoms with E-state index in [4.69, 9.17) is 5.11 Å². The van der Waals surface area contributed by atoms with Gasteiger partial charge in [-0.1, -0.05) is 11.8 Å². The number of carbonyl (C=O) groups is 1. The standard InChI is InChI=1S/C11H11NO3/c1-15-11(14)10-6-9(7-12-8-10)4-2-3-5-13/h6-8,13H,3,5H2,1H3. The van der Waals surface area contributed by atoms with Crippen LogP contribution in [-0.4, -0.2) is 29.8 Å². The number of rotatable bonds is 2. The SMILES string of the molecule is COC(=O)c1cncc(C#CCCO)c1. The first-order valence-electron chi connectivity index (χ1n) is 4.41. The number of aliphatic hydroxyl groups is 1. The highest BCUT2D eigenvalue weighted by atomic mass is 16.5. The third-order valence-corrected chi connectivity index (χ3v) is 1.63. The first kappa shape index (κ1) is 11.2. The average Bonchev–Trinajstić information content (AvgIpc) is 2.29. The van der Waals surface area contributed by atoms with Crippen molar-refractivity contribution >= 4 is 5.97 Å². The van der Waals surface area contributed by atoms with E-state index >= 15 is 0 Å². The number of nitrogens with zero attached hydrogens (tertiary/aromatic N) is 1. The quantitative estimate of drug-likeness (QED) is 0.567. The number of carbonyl (C=O) groups excluding carboxylic acids is 1. The van der Waals surface area contributed by atoms with Gasteiger partial charge in [0.25, 0.3) is 0 Å². The summed E-state index contributed by atoms with van der Waals surface area (Å²) in [6, 6.07) is 1.60. The van der Waals surface area contributed by atoms with Gasteiger partial charge in [-0.25, -0.2) is 4.79 Å². The second-order valence-corrected chi connectivity index (χ2v) is 2.73. The van der Waals surface area contributed by atoms with Gasteiger partial charge >= 0.3 is 5.97 Å². The molecule has 0 fully saturated rings. The molecule has 0 spiro atoms. The van der Waals surface area contributed by atoms with Crippen molar-refractivity contribution in [3.05, 3.63) is 29.6 Å². The van der Waals surface area contributed by atoms with Gasteiger partial charge in [0.1, 0.15) is 0 Å². The van der Waals surface area contributed by atoms with Gasteiger partial charge in [-0.2, -0.15) is 0 Å². The van der Waals surface area contributed by atoms with Gasteiger partial charge in [0.05, 0.1) is 19.3 Å². The molecule has 0 aliphatic carbocycles. The highest BCUT2D eigenvalue weighted by Crippen LogP contribution is 2.02. The summed E-state index contributed by atoms with van der Waals surface area (Å²) in [5, 5.41) is 8.53. The van der Waals surface area contributed by atoms with Gasteiger partial charge in [0, 0.05) is 24.4 Å².